The highest BCUT2D eigenvalue weighted by atomic mass is 16.5. The van der Waals surface area contributed by atoms with Gasteiger partial charge in [0.05, 0.1) is 35.2 Å². The van der Waals surface area contributed by atoms with Gasteiger partial charge < -0.3 is 14.3 Å². The lowest BCUT2D eigenvalue weighted by Crippen LogP contribution is -2.03. The van der Waals surface area contributed by atoms with E-state index in [1.54, 1.807) is 0 Å². The van der Waals surface area contributed by atoms with Crippen LogP contribution in [0.4, 0.5) is 0 Å². The lowest BCUT2D eigenvalue weighted by molar-refractivity contribution is 0.323. The summed E-state index contributed by atoms with van der Waals surface area (Å²) in [6.07, 6.45) is 3.84. The Morgan fingerprint density at radius 2 is 2.00 bits per heavy atom. The number of rotatable bonds is 9. The SMILES string of the molecule is C=C(O)CCCn1ncc2c(OCCc3nc(-c4ccccc4)oc3C)cccc21. The summed E-state index contributed by atoms with van der Waals surface area (Å²) in [5.74, 6) is 2.45. The van der Waals surface area contributed by atoms with Crippen LogP contribution in [-0.4, -0.2) is 26.5 Å². The molecule has 0 atom stereocenters. The van der Waals surface area contributed by atoms with Crippen molar-refractivity contribution in [2.24, 2.45) is 0 Å². The summed E-state index contributed by atoms with van der Waals surface area (Å²) in [7, 11) is 0. The maximum atomic E-state index is 9.26. The first-order chi connectivity index (χ1) is 14.6. The highest BCUT2D eigenvalue weighted by Gasteiger charge is 2.12. The maximum Gasteiger partial charge on any atom is 0.226 e. The van der Waals surface area contributed by atoms with Crippen LogP contribution in [0.15, 0.2) is 71.5 Å². The Balaban J connectivity index is 1.41. The van der Waals surface area contributed by atoms with Crippen LogP contribution in [0.25, 0.3) is 22.4 Å². The van der Waals surface area contributed by atoms with Gasteiger partial charge in [-0.2, -0.15) is 5.10 Å². The van der Waals surface area contributed by atoms with Gasteiger partial charge in [0.1, 0.15) is 11.5 Å². The molecule has 0 saturated heterocycles. The summed E-state index contributed by atoms with van der Waals surface area (Å²) in [6.45, 7) is 6.67. The number of benzene rings is 2. The molecule has 4 rings (SSSR count). The maximum absolute atomic E-state index is 9.26. The fourth-order valence-corrected chi connectivity index (χ4v) is 3.44. The first-order valence-corrected chi connectivity index (χ1v) is 10.1. The molecule has 0 aliphatic carbocycles. The molecule has 154 valence electrons. The number of aliphatic hydroxyl groups is 1. The highest BCUT2D eigenvalue weighted by molar-refractivity contribution is 5.85. The molecular formula is C24H25N3O3. The molecule has 0 aliphatic heterocycles. The van der Waals surface area contributed by atoms with Gasteiger partial charge >= 0.3 is 0 Å². The summed E-state index contributed by atoms with van der Waals surface area (Å²) in [4.78, 5) is 4.63. The van der Waals surface area contributed by atoms with E-state index in [4.69, 9.17) is 9.15 Å². The van der Waals surface area contributed by atoms with Gasteiger partial charge in [-0.05, 0) is 37.6 Å². The monoisotopic (exact) mass is 403 g/mol. The van der Waals surface area contributed by atoms with Crippen molar-refractivity contribution in [1.29, 1.82) is 0 Å². The van der Waals surface area contributed by atoms with Crippen LogP contribution in [0.3, 0.4) is 0 Å². The van der Waals surface area contributed by atoms with E-state index in [0.717, 1.165) is 40.1 Å². The second-order valence-electron chi connectivity index (χ2n) is 7.21. The van der Waals surface area contributed by atoms with E-state index in [9.17, 15) is 5.11 Å². The third kappa shape index (κ3) is 4.38. The van der Waals surface area contributed by atoms with Gasteiger partial charge in [-0.3, -0.25) is 4.68 Å². The van der Waals surface area contributed by atoms with Gasteiger partial charge in [-0.15, -0.1) is 0 Å². The average molecular weight is 403 g/mol. The van der Waals surface area contributed by atoms with Gasteiger partial charge in [0.15, 0.2) is 0 Å². The summed E-state index contributed by atoms with van der Waals surface area (Å²) in [6, 6.07) is 15.8. The van der Waals surface area contributed by atoms with Crippen molar-refractivity contribution in [3.63, 3.8) is 0 Å². The van der Waals surface area contributed by atoms with Crippen molar-refractivity contribution < 1.29 is 14.3 Å². The van der Waals surface area contributed by atoms with Gasteiger partial charge in [0.25, 0.3) is 0 Å². The lowest BCUT2D eigenvalue weighted by Gasteiger charge is -2.07. The minimum Gasteiger partial charge on any atom is -0.513 e. The van der Waals surface area contributed by atoms with E-state index in [0.29, 0.717) is 31.9 Å². The first kappa shape index (κ1) is 19.8. The number of hydrogen-bond donors (Lipinski definition) is 1. The number of hydrogen-bond acceptors (Lipinski definition) is 5. The highest BCUT2D eigenvalue weighted by Crippen LogP contribution is 2.26. The number of allylic oxidation sites excluding steroid dienone is 1. The Morgan fingerprint density at radius 3 is 2.80 bits per heavy atom. The predicted octanol–water partition coefficient (Wildman–Crippen LogP) is 5.47. The van der Waals surface area contributed by atoms with E-state index in [-0.39, 0.29) is 5.76 Å². The molecule has 0 unspecified atom stereocenters. The van der Waals surface area contributed by atoms with Crippen molar-refractivity contribution in [3.8, 4) is 17.2 Å². The van der Waals surface area contributed by atoms with Crippen LogP contribution in [-0.2, 0) is 13.0 Å². The standard InChI is InChI=1S/C24H25N3O3/c1-17(28)8-7-14-27-22-11-6-12-23(20(22)16-25-27)29-15-13-21-18(2)30-24(26-21)19-9-4-3-5-10-19/h3-6,9-12,16,28H,1,7-8,13-15H2,2H3. The molecule has 2 heterocycles. The van der Waals surface area contributed by atoms with Crippen LogP contribution in [0.1, 0.15) is 24.3 Å². The fraction of sp³-hybridized carbons (Fsp3) is 0.250. The van der Waals surface area contributed by atoms with Gasteiger partial charge in [0, 0.05) is 24.9 Å². The Bertz CT molecular complexity index is 1150. The molecule has 30 heavy (non-hydrogen) atoms. The third-order valence-corrected chi connectivity index (χ3v) is 4.99. The fourth-order valence-electron chi connectivity index (χ4n) is 3.44. The second-order valence-corrected chi connectivity index (χ2v) is 7.21. The average Bonchev–Trinajstić information content (AvgIpc) is 3.33. The van der Waals surface area contributed by atoms with Crippen LogP contribution in [0, 0.1) is 6.92 Å². The number of fused-ring (bicyclic) bond motifs is 1. The Kier molecular flexibility index (Phi) is 5.84. The van der Waals surface area contributed by atoms with Crippen molar-refractivity contribution in [2.75, 3.05) is 6.61 Å². The van der Waals surface area contributed by atoms with Crippen molar-refractivity contribution in [1.82, 2.24) is 14.8 Å². The number of aliphatic hydroxyl groups excluding tert-OH is 1. The van der Waals surface area contributed by atoms with Gasteiger partial charge in [0.2, 0.25) is 5.89 Å². The topological polar surface area (TPSA) is 73.3 Å². The largest absolute Gasteiger partial charge is 0.513 e. The zero-order chi connectivity index (χ0) is 20.9. The number of aryl methyl sites for hydroxylation is 2. The van der Waals surface area contributed by atoms with Crippen molar-refractivity contribution in [2.45, 2.75) is 32.7 Å². The molecule has 4 aromatic rings. The summed E-state index contributed by atoms with van der Waals surface area (Å²) in [5, 5.41) is 14.7. The van der Waals surface area contributed by atoms with E-state index in [1.165, 1.54) is 0 Å². The van der Waals surface area contributed by atoms with Crippen LogP contribution >= 0.6 is 0 Å². The molecule has 0 fully saturated rings. The smallest absolute Gasteiger partial charge is 0.226 e. The van der Waals surface area contributed by atoms with Gasteiger partial charge in [-0.25, -0.2) is 4.98 Å². The van der Waals surface area contributed by atoms with E-state index in [1.807, 2.05) is 66.3 Å². The van der Waals surface area contributed by atoms with Crippen LogP contribution in [0.5, 0.6) is 5.75 Å². The second kappa shape index (κ2) is 8.86. The minimum absolute atomic E-state index is 0.203. The number of nitrogens with zero attached hydrogens (tertiary/aromatic N) is 3. The van der Waals surface area contributed by atoms with E-state index in [2.05, 4.69) is 16.7 Å². The third-order valence-electron chi connectivity index (χ3n) is 4.99. The number of ether oxygens (including phenoxy) is 1. The predicted molar refractivity (Wildman–Crippen MR) is 117 cm³/mol. The minimum atomic E-state index is 0.203. The molecule has 2 aromatic heterocycles. The number of oxazole rings is 1. The van der Waals surface area contributed by atoms with Gasteiger partial charge in [-0.1, -0.05) is 30.8 Å². The molecule has 0 aliphatic rings. The molecule has 1 N–H and O–H groups in total. The van der Waals surface area contributed by atoms with Crippen molar-refractivity contribution >= 4 is 10.9 Å². The Morgan fingerprint density at radius 1 is 1.17 bits per heavy atom. The molecule has 0 saturated carbocycles. The normalized spacial score (nSPS) is 11.1. The zero-order valence-corrected chi connectivity index (χ0v) is 17.0. The van der Waals surface area contributed by atoms with E-state index < -0.39 is 0 Å². The molecule has 6 heteroatoms. The molecule has 0 amide bonds. The molecular weight excluding hydrogens is 378 g/mol. The molecule has 0 radical (unpaired) electrons. The molecule has 0 spiro atoms. The summed E-state index contributed by atoms with van der Waals surface area (Å²) < 4.78 is 13.8. The number of aromatic nitrogens is 3. The Labute approximate surface area is 175 Å². The summed E-state index contributed by atoms with van der Waals surface area (Å²) in [5.41, 5.74) is 2.88. The lowest BCUT2D eigenvalue weighted by atomic mass is 10.2. The molecule has 0 bridgehead atoms. The molecule has 2 aromatic carbocycles. The van der Waals surface area contributed by atoms with Crippen LogP contribution in [0.2, 0.25) is 0 Å². The molecule has 6 nitrogen and oxygen atoms in total. The van der Waals surface area contributed by atoms with Crippen LogP contribution < -0.4 is 4.74 Å². The van der Waals surface area contributed by atoms with E-state index >= 15 is 0 Å². The summed E-state index contributed by atoms with van der Waals surface area (Å²) >= 11 is 0. The van der Waals surface area contributed by atoms with Crippen molar-refractivity contribution in [3.05, 3.63) is 78.5 Å². The first-order valence-electron chi connectivity index (χ1n) is 10.1. The Hall–Kier alpha value is -3.54. The quantitative estimate of drug-likeness (QED) is 0.375. The zero-order valence-electron chi connectivity index (χ0n) is 17.0.